The number of carbonyl (C=O) groups is 1. The van der Waals surface area contributed by atoms with Crippen LogP contribution in [-0.4, -0.2) is 48.6 Å². The Balaban J connectivity index is 2.01. The van der Waals surface area contributed by atoms with Crippen molar-refractivity contribution in [2.75, 3.05) is 19.6 Å². The molecule has 1 amide bonds. The number of carbonyl (C=O) groups excluding carboxylic acids is 1. The van der Waals surface area contributed by atoms with Crippen LogP contribution in [0.4, 0.5) is 0 Å². The van der Waals surface area contributed by atoms with Crippen LogP contribution in [0.25, 0.3) is 0 Å². The number of nitrogens with zero attached hydrogens (tertiary/aromatic N) is 1. The number of hydrogen-bond donors (Lipinski definition) is 2. The quantitative estimate of drug-likeness (QED) is 0.676. The molecule has 3 unspecified atom stereocenters. The maximum atomic E-state index is 12.0. The SMILES string of the molecule is CC1CN(C2CCCCNC2=O)CC(C)N1. The molecule has 0 aromatic heterocycles. The second-order valence-corrected chi connectivity index (χ2v) is 5.23. The van der Waals surface area contributed by atoms with Crippen molar-refractivity contribution in [3.8, 4) is 0 Å². The van der Waals surface area contributed by atoms with Crippen molar-refractivity contribution in [1.82, 2.24) is 15.5 Å². The molecular formula is C12H23N3O. The van der Waals surface area contributed by atoms with Crippen LogP contribution in [-0.2, 0) is 4.79 Å². The van der Waals surface area contributed by atoms with Gasteiger partial charge >= 0.3 is 0 Å². The first-order valence-corrected chi connectivity index (χ1v) is 6.44. The Morgan fingerprint density at radius 3 is 2.56 bits per heavy atom. The molecular weight excluding hydrogens is 202 g/mol. The summed E-state index contributed by atoms with van der Waals surface area (Å²) in [5.74, 6) is 0.235. The standard InChI is InChI=1S/C12H23N3O/c1-9-7-15(8-10(2)14-9)11-5-3-4-6-13-12(11)16/h9-11,14H,3-8H2,1-2H3,(H,13,16). The Bertz CT molecular complexity index is 247. The zero-order valence-corrected chi connectivity index (χ0v) is 10.3. The van der Waals surface area contributed by atoms with Crippen LogP contribution in [0.5, 0.6) is 0 Å². The fourth-order valence-corrected chi connectivity index (χ4v) is 2.90. The van der Waals surface area contributed by atoms with Gasteiger partial charge in [-0.05, 0) is 33.1 Å². The third-order valence-electron chi connectivity index (χ3n) is 3.53. The number of hydrogen-bond acceptors (Lipinski definition) is 3. The summed E-state index contributed by atoms with van der Waals surface area (Å²) in [5.41, 5.74) is 0. The van der Waals surface area contributed by atoms with E-state index in [-0.39, 0.29) is 11.9 Å². The highest BCUT2D eigenvalue weighted by molar-refractivity contribution is 5.81. The Morgan fingerprint density at radius 1 is 1.19 bits per heavy atom. The molecule has 2 rings (SSSR count). The number of nitrogens with one attached hydrogen (secondary N) is 2. The van der Waals surface area contributed by atoms with Gasteiger partial charge in [0, 0.05) is 31.7 Å². The van der Waals surface area contributed by atoms with Crippen molar-refractivity contribution < 1.29 is 4.79 Å². The summed E-state index contributed by atoms with van der Waals surface area (Å²) in [5, 5.41) is 6.53. The van der Waals surface area contributed by atoms with Crippen LogP contribution in [0.2, 0.25) is 0 Å². The van der Waals surface area contributed by atoms with Crippen LogP contribution < -0.4 is 10.6 Å². The normalized spacial score (nSPS) is 37.9. The van der Waals surface area contributed by atoms with Gasteiger partial charge in [0.15, 0.2) is 0 Å². The molecule has 2 heterocycles. The lowest BCUT2D eigenvalue weighted by Gasteiger charge is -2.39. The van der Waals surface area contributed by atoms with Crippen LogP contribution in [0, 0.1) is 0 Å². The van der Waals surface area contributed by atoms with Crippen molar-refractivity contribution in [1.29, 1.82) is 0 Å². The summed E-state index contributed by atoms with van der Waals surface area (Å²) in [6.07, 6.45) is 3.31. The van der Waals surface area contributed by atoms with Crippen molar-refractivity contribution in [2.45, 2.75) is 51.2 Å². The molecule has 0 aromatic carbocycles. The van der Waals surface area contributed by atoms with Crippen LogP contribution in [0.1, 0.15) is 33.1 Å². The molecule has 2 aliphatic rings. The van der Waals surface area contributed by atoms with E-state index in [9.17, 15) is 4.79 Å². The van der Waals surface area contributed by atoms with E-state index < -0.39 is 0 Å². The molecule has 2 aliphatic heterocycles. The third kappa shape index (κ3) is 2.74. The molecule has 3 atom stereocenters. The van der Waals surface area contributed by atoms with Crippen LogP contribution in [0.3, 0.4) is 0 Å². The second-order valence-electron chi connectivity index (χ2n) is 5.23. The first-order valence-electron chi connectivity index (χ1n) is 6.44. The molecule has 2 N–H and O–H groups in total. The molecule has 4 nitrogen and oxygen atoms in total. The molecule has 0 bridgehead atoms. The van der Waals surface area contributed by atoms with Gasteiger partial charge in [-0.25, -0.2) is 0 Å². The maximum absolute atomic E-state index is 12.0. The molecule has 16 heavy (non-hydrogen) atoms. The van der Waals surface area contributed by atoms with Crippen LogP contribution >= 0.6 is 0 Å². The molecule has 0 saturated carbocycles. The average molecular weight is 225 g/mol. The van der Waals surface area contributed by atoms with Gasteiger partial charge in [-0.2, -0.15) is 0 Å². The van der Waals surface area contributed by atoms with Crippen molar-refractivity contribution in [2.24, 2.45) is 0 Å². The highest BCUT2D eigenvalue weighted by Gasteiger charge is 2.31. The largest absolute Gasteiger partial charge is 0.355 e. The molecule has 2 fully saturated rings. The highest BCUT2D eigenvalue weighted by atomic mass is 16.2. The number of piperazine rings is 1. The lowest BCUT2D eigenvalue weighted by Crippen LogP contribution is -2.59. The molecule has 0 aromatic rings. The van der Waals surface area contributed by atoms with Gasteiger partial charge in [0.1, 0.15) is 0 Å². The molecule has 4 heteroatoms. The summed E-state index contributed by atoms with van der Waals surface area (Å²) in [7, 11) is 0. The topological polar surface area (TPSA) is 44.4 Å². The van der Waals surface area contributed by atoms with Crippen molar-refractivity contribution >= 4 is 5.91 Å². The summed E-state index contributed by atoms with van der Waals surface area (Å²) < 4.78 is 0. The first kappa shape index (κ1) is 11.9. The zero-order chi connectivity index (χ0) is 11.5. The van der Waals surface area contributed by atoms with Crippen molar-refractivity contribution in [3.63, 3.8) is 0 Å². The minimum absolute atomic E-state index is 0.106. The fourth-order valence-electron chi connectivity index (χ4n) is 2.90. The minimum atomic E-state index is 0.106. The molecule has 92 valence electrons. The Kier molecular flexibility index (Phi) is 3.82. The Labute approximate surface area is 97.8 Å². The van der Waals surface area contributed by atoms with E-state index in [1.807, 2.05) is 0 Å². The lowest BCUT2D eigenvalue weighted by atomic mass is 10.0. The van der Waals surface area contributed by atoms with E-state index in [1.165, 1.54) is 0 Å². The highest BCUT2D eigenvalue weighted by Crippen LogP contribution is 2.16. The summed E-state index contributed by atoms with van der Waals surface area (Å²) in [6.45, 7) is 7.21. The minimum Gasteiger partial charge on any atom is -0.355 e. The van der Waals surface area contributed by atoms with Gasteiger partial charge in [-0.15, -0.1) is 0 Å². The average Bonchev–Trinajstić information content (AvgIpc) is 2.41. The van der Waals surface area contributed by atoms with E-state index in [1.54, 1.807) is 0 Å². The van der Waals surface area contributed by atoms with Gasteiger partial charge in [-0.1, -0.05) is 0 Å². The van der Waals surface area contributed by atoms with Gasteiger partial charge in [-0.3, -0.25) is 9.69 Å². The second kappa shape index (κ2) is 5.15. The predicted molar refractivity (Wildman–Crippen MR) is 64.3 cm³/mol. The van der Waals surface area contributed by atoms with E-state index in [0.717, 1.165) is 38.9 Å². The van der Waals surface area contributed by atoms with E-state index >= 15 is 0 Å². The molecule has 0 radical (unpaired) electrons. The third-order valence-corrected chi connectivity index (χ3v) is 3.53. The number of rotatable bonds is 1. The van der Waals surface area contributed by atoms with Crippen LogP contribution in [0.15, 0.2) is 0 Å². The monoisotopic (exact) mass is 225 g/mol. The fraction of sp³-hybridized carbons (Fsp3) is 0.917. The first-order chi connectivity index (χ1) is 7.66. The summed E-state index contributed by atoms with van der Waals surface area (Å²) >= 11 is 0. The molecule has 0 spiro atoms. The van der Waals surface area contributed by atoms with Gasteiger partial charge in [0.2, 0.25) is 5.91 Å². The summed E-state index contributed by atoms with van der Waals surface area (Å²) in [6, 6.07) is 1.08. The Hall–Kier alpha value is -0.610. The van der Waals surface area contributed by atoms with Gasteiger partial charge < -0.3 is 10.6 Å². The van der Waals surface area contributed by atoms with Gasteiger partial charge in [0.25, 0.3) is 0 Å². The smallest absolute Gasteiger partial charge is 0.237 e. The lowest BCUT2D eigenvalue weighted by molar-refractivity contribution is -0.126. The molecule has 0 aliphatic carbocycles. The van der Waals surface area contributed by atoms with Gasteiger partial charge in [0.05, 0.1) is 6.04 Å². The zero-order valence-electron chi connectivity index (χ0n) is 10.3. The predicted octanol–water partition coefficient (Wildman–Crippen LogP) is 0.337. The van der Waals surface area contributed by atoms with E-state index in [0.29, 0.717) is 12.1 Å². The Morgan fingerprint density at radius 2 is 1.88 bits per heavy atom. The van der Waals surface area contributed by atoms with E-state index in [2.05, 4.69) is 29.4 Å². The molecule has 2 saturated heterocycles. The summed E-state index contributed by atoms with van der Waals surface area (Å²) in [4.78, 5) is 14.3. The number of amides is 1. The maximum Gasteiger partial charge on any atom is 0.237 e. The van der Waals surface area contributed by atoms with E-state index in [4.69, 9.17) is 0 Å². The van der Waals surface area contributed by atoms with Crippen molar-refractivity contribution in [3.05, 3.63) is 0 Å².